The van der Waals surface area contributed by atoms with E-state index in [0.717, 1.165) is 25.0 Å². The first-order valence-corrected chi connectivity index (χ1v) is 14.1. The molecule has 0 unspecified atom stereocenters. The normalized spacial score (nSPS) is 21.3. The van der Waals surface area contributed by atoms with Gasteiger partial charge in [-0.1, -0.05) is 12.8 Å². The van der Waals surface area contributed by atoms with Crippen molar-refractivity contribution in [3.63, 3.8) is 0 Å². The van der Waals surface area contributed by atoms with Gasteiger partial charge in [-0.3, -0.25) is 0 Å². The third-order valence-corrected chi connectivity index (χ3v) is 9.52. The average molecular weight is 573 g/mol. The van der Waals surface area contributed by atoms with Crippen LogP contribution in [-0.4, -0.2) is 11.8 Å². The lowest BCUT2D eigenvalue weighted by Gasteiger charge is -2.38. The van der Waals surface area contributed by atoms with Gasteiger partial charge < -0.3 is 11.5 Å². The van der Waals surface area contributed by atoms with E-state index in [4.69, 9.17) is 11.5 Å². The molecule has 2 nitrogen and oxygen atoms in total. The number of nitrogens with two attached hydrogens (primary N) is 2. The van der Waals surface area contributed by atoms with Gasteiger partial charge in [-0.25, -0.2) is 0 Å². The van der Waals surface area contributed by atoms with E-state index in [1.54, 1.807) is 0 Å². The Bertz CT molecular complexity index is 1220. The van der Waals surface area contributed by atoms with Crippen molar-refractivity contribution >= 4 is 11.4 Å². The highest BCUT2D eigenvalue weighted by molar-refractivity contribution is 5.62. The summed E-state index contributed by atoms with van der Waals surface area (Å²) in [6, 6.07) is 2.85. The quantitative estimate of drug-likeness (QED) is 0.232. The number of nitrogen functional groups attached to an aromatic ring is 2. The second kappa shape index (κ2) is 8.99. The first kappa shape index (κ1) is 27.6. The zero-order valence-corrected chi connectivity index (χ0v) is 21.9. The second-order valence-electron chi connectivity index (χ2n) is 12.2. The maximum Gasteiger partial charge on any atom is 0.382 e. The summed E-state index contributed by atoms with van der Waals surface area (Å²) < 4.78 is 124. The molecule has 4 aliphatic rings. The van der Waals surface area contributed by atoms with E-state index in [1.807, 2.05) is 0 Å². The van der Waals surface area contributed by atoms with Gasteiger partial charge in [-0.05, 0) is 122 Å². The lowest BCUT2D eigenvalue weighted by atomic mass is 9.76. The highest BCUT2D eigenvalue weighted by atomic mass is 19.4. The molecule has 2 aromatic rings. The second-order valence-corrected chi connectivity index (χ2v) is 12.2. The molecule has 0 aromatic heterocycles. The molecule has 0 aliphatic heterocycles. The van der Waals surface area contributed by atoms with Crippen molar-refractivity contribution in [1.82, 2.24) is 0 Å². The van der Waals surface area contributed by atoms with E-state index in [1.165, 1.54) is 0 Å². The van der Waals surface area contributed by atoms with Crippen molar-refractivity contribution in [3.05, 3.63) is 57.6 Å². The highest BCUT2D eigenvalue weighted by Gasteiger charge is 2.81. The molecule has 0 radical (unpaired) electrons. The summed E-state index contributed by atoms with van der Waals surface area (Å²) in [7, 11) is 0. The lowest BCUT2D eigenvalue weighted by molar-refractivity contribution is -0.374. The maximum atomic E-state index is 15.6. The molecule has 4 N–H and O–H groups in total. The van der Waals surface area contributed by atoms with E-state index in [-0.39, 0.29) is 57.3 Å². The summed E-state index contributed by atoms with van der Waals surface area (Å²) >= 11 is 0. The number of anilines is 2. The fourth-order valence-corrected chi connectivity index (χ4v) is 6.10. The van der Waals surface area contributed by atoms with Gasteiger partial charge in [-0.2, -0.15) is 35.1 Å². The van der Waals surface area contributed by atoms with Crippen LogP contribution in [0.2, 0.25) is 0 Å². The number of halogens is 8. The Hall–Kier alpha value is -2.52. The smallest absolute Gasteiger partial charge is 0.382 e. The monoisotopic (exact) mass is 572 g/mol. The Balaban J connectivity index is 1.42. The predicted molar refractivity (Wildman–Crippen MR) is 137 cm³/mol. The molecule has 0 saturated heterocycles. The lowest BCUT2D eigenvalue weighted by Crippen LogP contribution is -2.59. The molecule has 0 atom stereocenters. The minimum absolute atomic E-state index is 0.197. The summed E-state index contributed by atoms with van der Waals surface area (Å²) in [5.41, 5.74) is 10.8. The molecule has 0 spiro atoms. The first-order valence-electron chi connectivity index (χ1n) is 14.1. The van der Waals surface area contributed by atoms with Crippen LogP contribution in [0.25, 0.3) is 0 Å². The number of rotatable bonds is 9. The number of benzene rings is 2. The van der Waals surface area contributed by atoms with Crippen molar-refractivity contribution < 1.29 is 35.1 Å². The molecular formula is C30H32F8N2. The van der Waals surface area contributed by atoms with E-state index in [0.29, 0.717) is 63.5 Å². The van der Waals surface area contributed by atoms with Crippen molar-refractivity contribution in [2.45, 2.75) is 112 Å². The van der Waals surface area contributed by atoms with Crippen molar-refractivity contribution in [2.24, 2.45) is 0 Å². The van der Waals surface area contributed by atoms with Gasteiger partial charge in [0.05, 0.1) is 0 Å². The summed E-state index contributed by atoms with van der Waals surface area (Å²) in [6.07, 6.45) is 6.34. The predicted octanol–water partition coefficient (Wildman–Crippen LogP) is 9.30. The van der Waals surface area contributed by atoms with Gasteiger partial charge in [0.1, 0.15) is 0 Å². The van der Waals surface area contributed by atoms with Crippen LogP contribution in [0, 0.1) is 0 Å². The van der Waals surface area contributed by atoms with Crippen LogP contribution in [0.4, 0.5) is 46.5 Å². The van der Waals surface area contributed by atoms with E-state index >= 15 is 35.1 Å². The van der Waals surface area contributed by atoms with Gasteiger partial charge in [-0.15, -0.1) is 0 Å². The van der Waals surface area contributed by atoms with Crippen LogP contribution in [0.1, 0.15) is 121 Å². The number of hydrogen-bond acceptors (Lipinski definition) is 2. The van der Waals surface area contributed by atoms with Gasteiger partial charge in [0, 0.05) is 22.5 Å². The minimum atomic E-state index is -6.42. The Morgan fingerprint density at radius 2 is 0.700 bits per heavy atom. The summed E-state index contributed by atoms with van der Waals surface area (Å²) in [6.45, 7) is 0. The molecule has 218 valence electrons. The van der Waals surface area contributed by atoms with E-state index < -0.39 is 34.8 Å². The highest BCUT2D eigenvalue weighted by Crippen LogP contribution is 2.61. The summed E-state index contributed by atoms with van der Waals surface area (Å²) in [4.78, 5) is 0. The molecule has 4 aliphatic carbocycles. The summed E-state index contributed by atoms with van der Waals surface area (Å²) in [5.74, 6) is -25.0. The molecule has 2 aromatic carbocycles. The average Bonchev–Trinajstić information content (AvgIpc) is 3.72. The van der Waals surface area contributed by atoms with Crippen LogP contribution >= 0.6 is 0 Å². The Morgan fingerprint density at radius 3 is 0.900 bits per heavy atom. The zero-order chi connectivity index (χ0) is 28.8. The third kappa shape index (κ3) is 4.02. The van der Waals surface area contributed by atoms with Gasteiger partial charge in [0.25, 0.3) is 0 Å². The van der Waals surface area contributed by atoms with Crippen molar-refractivity contribution in [2.75, 3.05) is 11.5 Å². The fraction of sp³-hybridized carbons (Fsp3) is 0.600. The van der Waals surface area contributed by atoms with Crippen molar-refractivity contribution in [3.8, 4) is 0 Å². The third-order valence-electron chi connectivity index (χ3n) is 9.52. The number of hydrogen-bond donors (Lipinski definition) is 2. The SMILES string of the molecule is Nc1c(C2CCC2)cc(C(F)(F)C(F)(F)C(F)(F)C(F)(F)c2cc(C3CCC3)c(N)c(C3CC3)c2)cc1C1CC1. The Labute approximate surface area is 227 Å². The Morgan fingerprint density at radius 1 is 0.450 bits per heavy atom. The molecular weight excluding hydrogens is 540 g/mol. The zero-order valence-electron chi connectivity index (χ0n) is 21.9. The first-order chi connectivity index (χ1) is 18.7. The van der Waals surface area contributed by atoms with Crippen LogP contribution in [0.3, 0.4) is 0 Å². The molecule has 0 bridgehead atoms. The molecule has 10 heteroatoms. The fourth-order valence-electron chi connectivity index (χ4n) is 6.10. The number of alkyl halides is 8. The minimum Gasteiger partial charge on any atom is -0.398 e. The van der Waals surface area contributed by atoms with Crippen LogP contribution in [-0.2, 0) is 11.8 Å². The van der Waals surface area contributed by atoms with Gasteiger partial charge in [0.2, 0.25) is 0 Å². The van der Waals surface area contributed by atoms with Crippen LogP contribution < -0.4 is 11.5 Å². The largest absolute Gasteiger partial charge is 0.398 e. The van der Waals surface area contributed by atoms with Crippen LogP contribution in [0.5, 0.6) is 0 Å². The topological polar surface area (TPSA) is 52.0 Å². The standard InChI is InChI=1S/C30H32F8N2/c31-27(32,19-11-21(15-3-1-4-15)25(39)23(13-19)17-7-8-17)29(35,36)30(37,38)28(33,34)20-12-22(16-5-2-6-16)26(40)24(14-20)18-9-10-18/h11-18H,1-10,39-40H2. The van der Waals surface area contributed by atoms with Crippen LogP contribution in [0.15, 0.2) is 24.3 Å². The van der Waals surface area contributed by atoms with E-state index in [2.05, 4.69) is 0 Å². The van der Waals surface area contributed by atoms with Gasteiger partial charge in [0.15, 0.2) is 0 Å². The van der Waals surface area contributed by atoms with Crippen molar-refractivity contribution in [1.29, 1.82) is 0 Å². The molecule has 6 rings (SSSR count). The van der Waals surface area contributed by atoms with E-state index in [9.17, 15) is 0 Å². The molecule has 0 amide bonds. The Kier molecular flexibility index (Phi) is 6.21. The summed E-state index contributed by atoms with van der Waals surface area (Å²) in [5, 5.41) is 0. The molecule has 40 heavy (non-hydrogen) atoms. The maximum absolute atomic E-state index is 15.6. The molecule has 0 heterocycles. The molecule has 4 saturated carbocycles. The van der Waals surface area contributed by atoms with Gasteiger partial charge >= 0.3 is 23.7 Å². The molecule has 4 fully saturated rings.